The van der Waals surface area contributed by atoms with Crippen molar-refractivity contribution in [3.05, 3.63) is 30.0 Å². The summed E-state index contributed by atoms with van der Waals surface area (Å²) in [7, 11) is 0. The van der Waals surface area contributed by atoms with Gasteiger partial charge in [-0.3, -0.25) is 5.10 Å². The molecular formula is C9H6N2O. The van der Waals surface area contributed by atoms with Gasteiger partial charge in [-0.1, -0.05) is 18.2 Å². The summed E-state index contributed by atoms with van der Waals surface area (Å²) in [5, 5.41) is 7.70. The highest BCUT2D eigenvalue weighted by Crippen LogP contribution is 2.14. The first-order chi connectivity index (χ1) is 5.92. The van der Waals surface area contributed by atoms with Crippen molar-refractivity contribution in [2.45, 2.75) is 0 Å². The number of rotatable bonds is 1. The van der Waals surface area contributed by atoms with Crippen molar-refractivity contribution in [1.82, 2.24) is 10.2 Å². The van der Waals surface area contributed by atoms with Gasteiger partial charge < -0.3 is 0 Å². The minimum Gasteiger partial charge on any atom is -0.277 e. The largest absolute Gasteiger partial charge is 0.277 e. The van der Waals surface area contributed by atoms with E-state index in [-0.39, 0.29) is 0 Å². The van der Waals surface area contributed by atoms with E-state index in [1.165, 1.54) is 6.08 Å². The zero-order valence-corrected chi connectivity index (χ0v) is 6.24. The molecule has 1 aromatic carbocycles. The summed E-state index contributed by atoms with van der Waals surface area (Å²) in [4.78, 5) is 10.1. The lowest BCUT2D eigenvalue weighted by molar-refractivity contribution is 0.570. The van der Waals surface area contributed by atoms with Gasteiger partial charge in [-0.15, -0.1) is 0 Å². The first-order valence-corrected chi connectivity index (χ1v) is 3.56. The molecule has 3 nitrogen and oxygen atoms in total. The average molecular weight is 158 g/mol. The van der Waals surface area contributed by atoms with E-state index in [1.807, 2.05) is 24.3 Å². The summed E-state index contributed by atoms with van der Waals surface area (Å²) in [5.41, 5.74) is 1.57. The van der Waals surface area contributed by atoms with Crippen molar-refractivity contribution in [2.24, 2.45) is 0 Å². The van der Waals surface area contributed by atoms with Crippen LogP contribution in [0.25, 0.3) is 17.0 Å². The highest BCUT2D eigenvalue weighted by atomic mass is 16.1. The Morgan fingerprint density at radius 1 is 1.42 bits per heavy atom. The third-order valence-corrected chi connectivity index (χ3v) is 1.70. The number of H-pyrrole nitrogens is 1. The second-order valence-corrected chi connectivity index (χ2v) is 2.42. The molecule has 12 heavy (non-hydrogen) atoms. The van der Waals surface area contributed by atoms with E-state index >= 15 is 0 Å². The van der Waals surface area contributed by atoms with Crippen molar-refractivity contribution < 1.29 is 4.79 Å². The summed E-state index contributed by atoms with van der Waals surface area (Å²) < 4.78 is 0. The molecule has 2 rings (SSSR count). The summed E-state index contributed by atoms with van der Waals surface area (Å²) in [5.74, 6) is 1.70. The SMILES string of the molecule is O=C=Cc1n[nH]c2ccccc12. The van der Waals surface area contributed by atoms with Crippen LogP contribution in [0.15, 0.2) is 24.3 Å². The molecule has 0 fully saturated rings. The van der Waals surface area contributed by atoms with Gasteiger partial charge >= 0.3 is 0 Å². The van der Waals surface area contributed by atoms with Crippen LogP contribution in [-0.4, -0.2) is 16.1 Å². The lowest BCUT2D eigenvalue weighted by Gasteiger charge is -1.85. The molecule has 0 unspecified atom stereocenters. The van der Waals surface area contributed by atoms with Gasteiger partial charge in [0.25, 0.3) is 0 Å². The molecule has 0 saturated heterocycles. The maximum atomic E-state index is 10.1. The highest BCUT2D eigenvalue weighted by Gasteiger charge is 1.99. The fourth-order valence-corrected chi connectivity index (χ4v) is 1.15. The van der Waals surface area contributed by atoms with E-state index < -0.39 is 0 Å². The number of para-hydroxylation sites is 1. The molecule has 0 bridgehead atoms. The molecule has 2 aromatic rings. The molecular weight excluding hydrogens is 152 g/mol. The Morgan fingerprint density at radius 2 is 2.25 bits per heavy atom. The highest BCUT2D eigenvalue weighted by molar-refractivity contribution is 5.91. The predicted octanol–water partition coefficient (Wildman–Crippen LogP) is 1.41. The van der Waals surface area contributed by atoms with Crippen LogP contribution in [0.4, 0.5) is 0 Å². The van der Waals surface area contributed by atoms with Crippen molar-refractivity contribution in [3.8, 4) is 0 Å². The number of aromatic amines is 1. The maximum Gasteiger partial charge on any atom is 0.126 e. The normalized spacial score (nSPS) is 9.67. The third-order valence-electron chi connectivity index (χ3n) is 1.70. The van der Waals surface area contributed by atoms with Gasteiger partial charge in [0.15, 0.2) is 0 Å². The van der Waals surface area contributed by atoms with E-state index in [4.69, 9.17) is 0 Å². The topological polar surface area (TPSA) is 45.8 Å². The molecule has 1 N–H and O–H groups in total. The lowest BCUT2D eigenvalue weighted by atomic mass is 10.2. The Labute approximate surface area is 68.7 Å². The average Bonchev–Trinajstić information content (AvgIpc) is 2.50. The van der Waals surface area contributed by atoms with E-state index in [0.29, 0.717) is 5.69 Å². The van der Waals surface area contributed by atoms with Crippen LogP contribution in [0.2, 0.25) is 0 Å². The molecule has 58 valence electrons. The fraction of sp³-hybridized carbons (Fsp3) is 0. The number of hydrogen-bond donors (Lipinski definition) is 1. The Hall–Kier alpha value is -1.86. The van der Waals surface area contributed by atoms with Crippen LogP contribution in [-0.2, 0) is 4.79 Å². The van der Waals surface area contributed by atoms with Gasteiger partial charge in [-0.05, 0) is 6.07 Å². The van der Waals surface area contributed by atoms with Crippen molar-refractivity contribution in [1.29, 1.82) is 0 Å². The van der Waals surface area contributed by atoms with E-state index in [0.717, 1.165) is 10.9 Å². The number of aromatic nitrogens is 2. The van der Waals surface area contributed by atoms with Gasteiger partial charge in [0.05, 0.1) is 11.6 Å². The van der Waals surface area contributed by atoms with Crippen molar-refractivity contribution in [2.75, 3.05) is 0 Å². The summed E-state index contributed by atoms with van der Waals surface area (Å²) >= 11 is 0. The molecule has 1 aromatic heterocycles. The van der Waals surface area contributed by atoms with Crippen LogP contribution < -0.4 is 0 Å². The first kappa shape index (κ1) is 6.83. The summed E-state index contributed by atoms with van der Waals surface area (Å²) in [6, 6.07) is 7.63. The maximum absolute atomic E-state index is 10.1. The fourth-order valence-electron chi connectivity index (χ4n) is 1.15. The number of nitrogens with one attached hydrogen (secondary N) is 1. The molecule has 0 atom stereocenters. The lowest BCUT2D eigenvalue weighted by Crippen LogP contribution is -1.70. The second kappa shape index (κ2) is 2.64. The van der Waals surface area contributed by atoms with E-state index in [9.17, 15) is 4.79 Å². The molecule has 0 spiro atoms. The molecule has 0 amide bonds. The standard InChI is InChI=1S/C9H6N2O/c12-6-5-9-7-3-1-2-4-8(7)10-11-9/h1-5H,(H,10,11). The van der Waals surface area contributed by atoms with Crippen molar-refractivity contribution in [3.63, 3.8) is 0 Å². The Morgan fingerprint density at radius 3 is 3.08 bits per heavy atom. The predicted molar refractivity (Wildman–Crippen MR) is 46.3 cm³/mol. The molecule has 0 radical (unpaired) electrons. The number of benzene rings is 1. The molecule has 0 saturated carbocycles. The second-order valence-electron chi connectivity index (χ2n) is 2.42. The zero-order chi connectivity index (χ0) is 8.39. The third kappa shape index (κ3) is 0.929. The Balaban J connectivity index is 2.78. The molecule has 1 heterocycles. The van der Waals surface area contributed by atoms with Crippen LogP contribution in [0.3, 0.4) is 0 Å². The quantitative estimate of drug-likeness (QED) is 0.638. The number of carbonyl (C=O) groups excluding carboxylic acids is 1. The summed E-state index contributed by atoms with van der Waals surface area (Å²) in [6.07, 6.45) is 1.32. The van der Waals surface area contributed by atoms with E-state index in [1.54, 1.807) is 5.94 Å². The molecule has 3 heteroatoms. The van der Waals surface area contributed by atoms with E-state index in [2.05, 4.69) is 10.2 Å². The molecule has 0 aliphatic rings. The minimum absolute atomic E-state index is 0.639. The van der Waals surface area contributed by atoms with Gasteiger partial charge in [0.2, 0.25) is 0 Å². The van der Waals surface area contributed by atoms with Gasteiger partial charge in [0, 0.05) is 5.39 Å². The number of nitrogens with zero attached hydrogens (tertiary/aromatic N) is 1. The first-order valence-electron chi connectivity index (χ1n) is 3.56. The van der Waals surface area contributed by atoms with Gasteiger partial charge in [-0.2, -0.15) is 5.10 Å². The molecule has 0 aliphatic heterocycles. The molecule has 0 aliphatic carbocycles. The van der Waals surface area contributed by atoms with Crippen LogP contribution in [0.1, 0.15) is 5.69 Å². The number of hydrogen-bond acceptors (Lipinski definition) is 2. The van der Waals surface area contributed by atoms with Gasteiger partial charge in [-0.25, -0.2) is 4.79 Å². The number of fused-ring (bicyclic) bond motifs is 1. The monoisotopic (exact) mass is 158 g/mol. The zero-order valence-electron chi connectivity index (χ0n) is 6.24. The van der Waals surface area contributed by atoms with Crippen LogP contribution >= 0.6 is 0 Å². The van der Waals surface area contributed by atoms with Gasteiger partial charge in [0.1, 0.15) is 11.6 Å². The Kier molecular flexibility index (Phi) is 1.50. The smallest absolute Gasteiger partial charge is 0.126 e. The Bertz CT molecular complexity index is 452. The van der Waals surface area contributed by atoms with Crippen molar-refractivity contribution >= 4 is 22.9 Å². The minimum atomic E-state index is 0.639. The van der Waals surface area contributed by atoms with Crippen LogP contribution in [0, 0.1) is 0 Å². The summed E-state index contributed by atoms with van der Waals surface area (Å²) in [6.45, 7) is 0. The van der Waals surface area contributed by atoms with Crippen LogP contribution in [0.5, 0.6) is 0 Å².